The SMILES string of the molecule is CCCCCCCCCCCCCCCC(=O)N[C@@H](CC(C)C)C(=O)N[C@@H](Cc1ccc(O)cc1)C(=O)C[C@@H](CC(C)C)C(=O)N[C@@H](Cc1cnc[nH]1)C(=O)C[C@@H](CO)C(=O)N[C@@H](CC(C)C)C(=O)C[C@H](C(=O)N[C@@H](Cc1cccc(C)c1)C(C)=O)[C@@H](C)CC. The number of ketones is 4. The first kappa shape index (κ1) is 77.7. The molecule has 0 bridgehead atoms. The molecule has 8 N–H and O–H groups in total. The molecule has 3 aromatic rings. The Kier molecular flexibility index (Phi) is 36.7. The highest BCUT2D eigenvalue weighted by Gasteiger charge is 2.37. The number of hydrogen-bond donors (Lipinski definition) is 8. The van der Waals surface area contributed by atoms with Crippen LogP contribution in [0.15, 0.2) is 61.1 Å². The van der Waals surface area contributed by atoms with Gasteiger partial charge >= 0.3 is 0 Å². The summed E-state index contributed by atoms with van der Waals surface area (Å²) >= 11 is 0. The number of Topliss-reactive ketones (excluding diaryl/α,β-unsaturated/α-hetero) is 4. The molecule has 3 rings (SSSR count). The van der Waals surface area contributed by atoms with Gasteiger partial charge < -0.3 is 41.8 Å². The largest absolute Gasteiger partial charge is 0.508 e. The van der Waals surface area contributed by atoms with Gasteiger partial charge in [0, 0.05) is 55.8 Å². The molecule has 0 aliphatic rings. The average Bonchev–Trinajstić information content (AvgIpc) is 2.05. The molecule has 1 heterocycles. The lowest BCUT2D eigenvalue weighted by Gasteiger charge is -2.28. The summed E-state index contributed by atoms with van der Waals surface area (Å²) in [6.45, 7) is 20.0. The molecule has 0 aliphatic heterocycles. The predicted octanol–water partition coefficient (Wildman–Crippen LogP) is 10.8. The molecule has 18 nitrogen and oxygen atoms in total. The number of unbranched alkanes of at least 4 members (excludes halogenated alkanes) is 12. The van der Waals surface area contributed by atoms with E-state index in [9.17, 15) is 53.4 Å². The minimum absolute atomic E-state index is 0.0108. The Morgan fingerprint density at radius 1 is 0.522 bits per heavy atom. The van der Waals surface area contributed by atoms with Crippen LogP contribution in [-0.2, 0) is 62.4 Å². The van der Waals surface area contributed by atoms with Crippen molar-refractivity contribution >= 4 is 52.7 Å². The fraction of sp³-hybridized carbons (Fsp3) is 0.667. The summed E-state index contributed by atoms with van der Waals surface area (Å²) in [7, 11) is 0. The van der Waals surface area contributed by atoms with Gasteiger partial charge in [-0.15, -0.1) is 0 Å². The number of carbonyl (C=O) groups is 9. The summed E-state index contributed by atoms with van der Waals surface area (Å²) < 4.78 is 0. The smallest absolute Gasteiger partial charge is 0.243 e. The molecule has 0 saturated heterocycles. The van der Waals surface area contributed by atoms with Gasteiger partial charge in [0.15, 0.2) is 23.1 Å². The Bertz CT molecular complexity index is 2660. The first-order valence-electron chi connectivity index (χ1n) is 33.8. The van der Waals surface area contributed by atoms with E-state index in [1.165, 1.54) is 89.4 Å². The molecule has 1 aromatic heterocycles. The molecule has 0 fully saturated rings. The van der Waals surface area contributed by atoms with E-state index in [0.29, 0.717) is 30.5 Å². The molecule has 0 unspecified atom stereocenters. The Labute approximate surface area is 538 Å². The summed E-state index contributed by atoms with van der Waals surface area (Å²) in [6, 6.07) is 8.63. The number of aliphatic hydroxyl groups excluding tert-OH is 1. The second-order valence-electron chi connectivity index (χ2n) is 26.8. The Morgan fingerprint density at radius 2 is 1.02 bits per heavy atom. The first-order valence-corrected chi connectivity index (χ1v) is 33.8. The summed E-state index contributed by atoms with van der Waals surface area (Å²) in [5, 5.41) is 35.3. The molecule has 2 aromatic carbocycles. The number of aromatic amines is 1. The number of H-pyrrole nitrogens is 1. The summed E-state index contributed by atoms with van der Waals surface area (Å²) in [5.74, 6) is -8.01. The number of aliphatic hydroxyl groups is 1. The third-order valence-electron chi connectivity index (χ3n) is 17.1. The minimum Gasteiger partial charge on any atom is -0.508 e. The second-order valence-corrected chi connectivity index (χ2v) is 26.8. The number of benzene rings is 2. The molecule has 0 spiro atoms. The molecule has 0 radical (unpaired) electrons. The molecular weight excluding hydrogens is 1140 g/mol. The maximum absolute atomic E-state index is 14.7. The van der Waals surface area contributed by atoms with Gasteiger partial charge in [0.2, 0.25) is 29.5 Å². The number of aromatic hydroxyl groups is 1. The number of aromatic nitrogens is 2. The first-order chi connectivity index (χ1) is 42.8. The van der Waals surface area contributed by atoms with Crippen molar-refractivity contribution in [3.05, 3.63) is 83.4 Å². The zero-order chi connectivity index (χ0) is 66.7. The highest BCUT2D eigenvalue weighted by molar-refractivity contribution is 5.98. The Balaban J connectivity index is 1.80. The number of imidazole rings is 1. The van der Waals surface area contributed by atoms with Crippen molar-refractivity contribution < 1.29 is 53.4 Å². The molecule has 18 heteroatoms. The highest BCUT2D eigenvalue weighted by Crippen LogP contribution is 2.25. The van der Waals surface area contributed by atoms with Gasteiger partial charge in [-0.3, -0.25) is 43.2 Å². The van der Waals surface area contributed by atoms with Crippen LogP contribution in [0.3, 0.4) is 0 Å². The summed E-state index contributed by atoms with van der Waals surface area (Å²) in [6.07, 6.45) is 18.8. The number of hydrogen-bond acceptors (Lipinski definition) is 12. The van der Waals surface area contributed by atoms with Gasteiger partial charge in [0.25, 0.3) is 0 Å². The molecule has 90 heavy (non-hydrogen) atoms. The second kappa shape index (κ2) is 42.5. The number of nitrogens with one attached hydrogen (secondary N) is 6. The molecule has 502 valence electrons. The lowest BCUT2D eigenvalue weighted by Crippen LogP contribution is -2.53. The Morgan fingerprint density at radius 3 is 1.56 bits per heavy atom. The number of nitrogens with zero attached hydrogens (tertiary/aromatic N) is 1. The lowest BCUT2D eigenvalue weighted by molar-refractivity contribution is -0.137. The zero-order valence-corrected chi connectivity index (χ0v) is 56.4. The van der Waals surface area contributed by atoms with Gasteiger partial charge in [0.05, 0.1) is 43.0 Å². The van der Waals surface area contributed by atoms with Crippen LogP contribution in [0.4, 0.5) is 0 Å². The fourth-order valence-electron chi connectivity index (χ4n) is 11.5. The fourth-order valence-corrected chi connectivity index (χ4v) is 11.5. The summed E-state index contributed by atoms with van der Waals surface area (Å²) in [5.41, 5.74) is 2.99. The average molecular weight is 1250 g/mol. The van der Waals surface area contributed by atoms with Crippen LogP contribution in [0.1, 0.15) is 226 Å². The number of rotatable bonds is 48. The maximum Gasteiger partial charge on any atom is 0.243 e. The van der Waals surface area contributed by atoms with Crippen molar-refractivity contribution in [2.45, 2.75) is 260 Å². The van der Waals surface area contributed by atoms with Gasteiger partial charge in [-0.05, 0) is 99.3 Å². The number of phenolic OH excluding ortho intramolecular Hbond substituents is 1. The van der Waals surface area contributed by atoms with Crippen LogP contribution in [0, 0.1) is 48.3 Å². The lowest BCUT2D eigenvalue weighted by atomic mass is 9.83. The van der Waals surface area contributed by atoms with Crippen molar-refractivity contribution in [2.75, 3.05) is 6.61 Å². The minimum atomic E-state index is -1.35. The maximum atomic E-state index is 14.7. The van der Waals surface area contributed by atoms with E-state index in [0.717, 1.165) is 30.4 Å². The molecular formula is C72H113N7O11. The van der Waals surface area contributed by atoms with Gasteiger partial charge in [-0.2, -0.15) is 0 Å². The quantitative estimate of drug-likeness (QED) is 0.0245. The molecule has 0 aliphatic carbocycles. The predicted molar refractivity (Wildman–Crippen MR) is 354 cm³/mol. The van der Waals surface area contributed by atoms with Crippen LogP contribution < -0.4 is 26.6 Å². The third-order valence-corrected chi connectivity index (χ3v) is 17.1. The van der Waals surface area contributed by atoms with Crippen molar-refractivity contribution in [1.29, 1.82) is 0 Å². The molecule has 0 saturated carbocycles. The van der Waals surface area contributed by atoms with Crippen LogP contribution in [0.5, 0.6) is 5.75 Å². The number of carbonyl (C=O) groups excluding carboxylic acids is 9. The van der Waals surface area contributed by atoms with E-state index in [2.05, 4.69) is 43.5 Å². The van der Waals surface area contributed by atoms with Gasteiger partial charge in [-0.25, -0.2) is 4.98 Å². The van der Waals surface area contributed by atoms with Crippen LogP contribution >= 0.6 is 0 Å². The van der Waals surface area contributed by atoms with Crippen molar-refractivity contribution in [3.8, 4) is 5.75 Å². The number of phenols is 1. The van der Waals surface area contributed by atoms with E-state index in [1.54, 1.807) is 12.1 Å². The van der Waals surface area contributed by atoms with E-state index in [4.69, 9.17) is 0 Å². The van der Waals surface area contributed by atoms with Gasteiger partial charge in [0.1, 0.15) is 11.8 Å². The molecule has 9 atom stereocenters. The standard InChI is InChI=1S/C72H113N7O11/c1-12-14-15-16-17-18-19-20-21-22-23-24-25-29-68(86)75-64(36-49(7)8)72(90)79-62(38-53-30-32-58(82)33-31-53)65(83)40-55(34-47(3)4)69(87)78-63(42-57-44-73-46-74-57)66(84)41-56(45-80)70(88)77-61(35-48(5)6)67(85)43-59(51(10)13-2)71(89)76-60(52(11)81)39-54-28-26-27-50(9)37-54/h26-28,30-33,37,44,46-49,51,55-56,59-64,80,82H,12-25,29,34-36,38-43,45H2,1-11H3,(H,73,74)(H,75,86)(H,76,89)(H,77,88)(H,78,87)(H,79,90)/t51-,55+,56-,59-,60-,61-,62-,63-,64-/m0/s1. The summed E-state index contributed by atoms with van der Waals surface area (Å²) in [4.78, 5) is 134. The van der Waals surface area contributed by atoms with Gasteiger partial charge in [-0.1, -0.05) is 188 Å². The van der Waals surface area contributed by atoms with Crippen molar-refractivity contribution in [1.82, 2.24) is 36.6 Å². The van der Waals surface area contributed by atoms with E-state index in [1.807, 2.05) is 86.6 Å². The van der Waals surface area contributed by atoms with Crippen LogP contribution in [0.2, 0.25) is 0 Å². The number of aryl methyl sites for hydroxylation is 1. The monoisotopic (exact) mass is 1250 g/mol. The zero-order valence-electron chi connectivity index (χ0n) is 56.4. The van der Waals surface area contributed by atoms with Crippen LogP contribution in [-0.4, -0.2) is 110 Å². The van der Waals surface area contributed by atoms with E-state index < -0.39 is 102 Å². The van der Waals surface area contributed by atoms with Crippen molar-refractivity contribution in [2.24, 2.45) is 41.4 Å². The Hall–Kier alpha value is -6.56. The van der Waals surface area contributed by atoms with E-state index in [-0.39, 0.29) is 92.5 Å². The normalized spacial score (nSPS) is 14.6. The number of amides is 5. The van der Waals surface area contributed by atoms with Crippen LogP contribution in [0.25, 0.3) is 0 Å². The topological polar surface area (TPSA) is 283 Å². The molecule has 5 amide bonds. The van der Waals surface area contributed by atoms with E-state index >= 15 is 0 Å². The van der Waals surface area contributed by atoms with Crippen molar-refractivity contribution in [3.63, 3.8) is 0 Å². The third kappa shape index (κ3) is 30.5. The highest BCUT2D eigenvalue weighted by atomic mass is 16.3.